The highest BCUT2D eigenvalue weighted by atomic mass is 16.5. The smallest absolute Gasteiger partial charge is 0.123 e. The number of hydrogen-bond donors (Lipinski definition) is 2. The minimum absolute atomic E-state index is 0.524. The molecule has 20 heavy (non-hydrogen) atoms. The molecule has 1 aliphatic rings. The molecule has 0 bridgehead atoms. The van der Waals surface area contributed by atoms with Crippen LogP contribution in [0.1, 0.15) is 43.7 Å². The second kappa shape index (κ2) is 6.59. The van der Waals surface area contributed by atoms with Gasteiger partial charge in [0, 0.05) is 18.7 Å². The Morgan fingerprint density at radius 1 is 1.35 bits per heavy atom. The SMILES string of the molecule is COc1ccc(C)cc1CNCC1(O)CCC(C)CC1. The molecule has 1 aliphatic carbocycles. The van der Waals surface area contributed by atoms with E-state index in [1.54, 1.807) is 7.11 Å². The third kappa shape index (κ3) is 3.97. The van der Waals surface area contributed by atoms with E-state index in [4.69, 9.17) is 4.74 Å². The fourth-order valence-electron chi connectivity index (χ4n) is 2.95. The van der Waals surface area contributed by atoms with Crippen LogP contribution in [-0.4, -0.2) is 24.4 Å². The molecule has 0 amide bonds. The van der Waals surface area contributed by atoms with Gasteiger partial charge in [-0.3, -0.25) is 0 Å². The van der Waals surface area contributed by atoms with Gasteiger partial charge in [0.2, 0.25) is 0 Å². The minimum Gasteiger partial charge on any atom is -0.496 e. The third-order valence-corrected chi connectivity index (χ3v) is 4.41. The summed E-state index contributed by atoms with van der Waals surface area (Å²) in [6, 6.07) is 6.20. The number of ether oxygens (including phenoxy) is 1. The van der Waals surface area contributed by atoms with Crippen molar-refractivity contribution in [2.45, 2.75) is 51.7 Å². The van der Waals surface area contributed by atoms with E-state index < -0.39 is 5.60 Å². The van der Waals surface area contributed by atoms with Crippen molar-refractivity contribution >= 4 is 0 Å². The Morgan fingerprint density at radius 3 is 2.70 bits per heavy atom. The molecule has 1 aromatic rings. The molecule has 2 N–H and O–H groups in total. The van der Waals surface area contributed by atoms with Crippen LogP contribution in [0.4, 0.5) is 0 Å². The van der Waals surface area contributed by atoms with Gasteiger partial charge < -0.3 is 15.2 Å². The van der Waals surface area contributed by atoms with Crippen LogP contribution in [0.15, 0.2) is 18.2 Å². The van der Waals surface area contributed by atoms with Crippen LogP contribution in [-0.2, 0) is 6.54 Å². The van der Waals surface area contributed by atoms with Crippen molar-refractivity contribution in [1.82, 2.24) is 5.32 Å². The maximum absolute atomic E-state index is 10.6. The highest BCUT2D eigenvalue weighted by Crippen LogP contribution is 2.31. The summed E-state index contributed by atoms with van der Waals surface area (Å²) in [7, 11) is 1.70. The van der Waals surface area contributed by atoms with E-state index in [1.165, 1.54) is 5.56 Å². The first-order chi connectivity index (χ1) is 9.52. The number of benzene rings is 1. The van der Waals surface area contributed by atoms with Gasteiger partial charge in [0.25, 0.3) is 0 Å². The van der Waals surface area contributed by atoms with Crippen LogP contribution in [0.2, 0.25) is 0 Å². The van der Waals surface area contributed by atoms with Crippen molar-refractivity contribution in [3.63, 3.8) is 0 Å². The summed E-state index contributed by atoms with van der Waals surface area (Å²) < 4.78 is 5.38. The van der Waals surface area contributed by atoms with Gasteiger partial charge in [0.05, 0.1) is 12.7 Å². The van der Waals surface area contributed by atoms with E-state index in [1.807, 2.05) is 6.07 Å². The first kappa shape index (κ1) is 15.3. The Balaban J connectivity index is 1.88. The van der Waals surface area contributed by atoms with Crippen LogP contribution < -0.4 is 10.1 Å². The molecule has 0 saturated heterocycles. The summed E-state index contributed by atoms with van der Waals surface area (Å²) in [6.45, 7) is 5.75. The molecule has 0 radical (unpaired) electrons. The number of hydrogen-bond acceptors (Lipinski definition) is 3. The van der Waals surface area contributed by atoms with Crippen LogP contribution in [0.5, 0.6) is 5.75 Å². The zero-order valence-corrected chi connectivity index (χ0v) is 12.9. The van der Waals surface area contributed by atoms with Gasteiger partial charge >= 0.3 is 0 Å². The maximum atomic E-state index is 10.6. The molecule has 0 heterocycles. The summed E-state index contributed by atoms with van der Waals surface area (Å²) in [4.78, 5) is 0. The van der Waals surface area contributed by atoms with Gasteiger partial charge in [0.1, 0.15) is 5.75 Å². The second-order valence-electron chi connectivity index (χ2n) is 6.33. The van der Waals surface area contributed by atoms with Crippen LogP contribution in [0.3, 0.4) is 0 Å². The molecule has 0 atom stereocenters. The van der Waals surface area contributed by atoms with Crippen molar-refractivity contribution < 1.29 is 9.84 Å². The van der Waals surface area contributed by atoms with Crippen molar-refractivity contribution in [2.75, 3.05) is 13.7 Å². The first-order valence-corrected chi connectivity index (χ1v) is 7.59. The maximum Gasteiger partial charge on any atom is 0.123 e. The Bertz CT molecular complexity index is 437. The summed E-state index contributed by atoms with van der Waals surface area (Å²) in [5.41, 5.74) is 1.86. The third-order valence-electron chi connectivity index (χ3n) is 4.41. The molecule has 0 spiro atoms. The van der Waals surface area contributed by atoms with E-state index in [2.05, 4.69) is 31.3 Å². The highest BCUT2D eigenvalue weighted by molar-refractivity contribution is 5.36. The standard InChI is InChI=1S/C17H27NO2/c1-13-6-8-17(19,9-7-13)12-18-11-15-10-14(2)4-5-16(15)20-3/h4-5,10,13,18-19H,6-9,11-12H2,1-3H3. The predicted molar refractivity (Wildman–Crippen MR) is 82.0 cm³/mol. The van der Waals surface area contributed by atoms with Crippen molar-refractivity contribution in [2.24, 2.45) is 5.92 Å². The Kier molecular flexibility index (Phi) is 5.06. The van der Waals surface area contributed by atoms with Crippen LogP contribution >= 0.6 is 0 Å². The van der Waals surface area contributed by atoms with E-state index in [0.29, 0.717) is 6.54 Å². The average Bonchev–Trinajstić information content (AvgIpc) is 2.43. The van der Waals surface area contributed by atoms with Crippen molar-refractivity contribution in [3.05, 3.63) is 29.3 Å². The zero-order chi connectivity index (χ0) is 14.6. The summed E-state index contributed by atoms with van der Waals surface area (Å²) >= 11 is 0. The van der Waals surface area contributed by atoms with Crippen LogP contribution in [0, 0.1) is 12.8 Å². The molecule has 0 aliphatic heterocycles. The quantitative estimate of drug-likeness (QED) is 0.869. The molecule has 1 aromatic carbocycles. The molecule has 112 valence electrons. The number of rotatable bonds is 5. The van der Waals surface area contributed by atoms with Gasteiger partial charge in [-0.2, -0.15) is 0 Å². The molecular formula is C17H27NO2. The molecule has 3 heteroatoms. The van der Waals surface area contributed by atoms with Crippen LogP contribution in [0.25, 0.3) is 0 Å². The molecular weight excluding hydrogens is 250 g/mol. The number of aliphatic hydroxyl groups is 1. The Labute approximate surface area is 122 Å². The fraction of sp³-hybridized carbons (Fsp3) is 0.647. The summed E-state index contributed by atoms with van der Waals surface area (Å²) in [6.07, 6.45) is 4.08. The second-order valence-corrected chi connectivity index (χ2v) is 6.33. The minimum atomic E-state index is -0.524. The molecule has 0 unspecified atom stereocenters. The van der Waals surface area contributed by atoms with E-state index >= 15 is 0 Å². The lowest BCUT2D eigenvalue weighted by Crippen LogP contribution is -2.43. The van der Waals surface area contributed by atoms with Gasteiger partial charge in [-0.25, -0.2) is 0 Å². The van der Waals surface area contributed by atoms with E-state index in [-0.39, 0.29) is 0 Å². The van der Waals surface area contributed by atoms with Crippen molar-refractivity contribution in [3.8, 4) is 5.75 Å². The van der Waals surface area contributed by atoms with Gasteiger partial charge in [-0.05, 0) is 44.6 Å². The molecule has 3 nitrogen and oxygen atoms in total. The Morgan fingerprint density at radius 2 is 2.05 bits per heavy atom. The predicted octanol–water partition coefficient (Wildman–Crippen LogP) is 3.03. The lowest BCUT2D eigenvalue weighted by molar-refractivity contribution is -0.00633. The first-order valence-electron chi connectivity index (χ1n) is 7.59. The lowest BCUT2D eigenvalue weighted by Gasteiger charge is -2.35. The van der Waals surface area contributed by atoms with Gasteiger partial charge in [0.15, 0.2) is 0 Å². The summed E-state index contributed by atoms with van der Waals surface area (Å²) in [5.74, 6) is 1.67. The fourth-order valence-corrected chi connectivity index (χ4v) is 2.95. The normalized spacial score (nSPS) is 26.5. The largest absolute Gasteiger partial charge is 0.496 e. The summed E-state index contributed by atoms with van der Waals surface area (Å²) in [5, 5.41) is 14.0. The zero-order valence-electron chi connectivity index (χ0n) is 12.9. The molecule has 1 fully saturated rings. The monoisotopic (exact) mass is 277 g/mol. The van der Waals surface area contributed by atoms with E-state index in [9.17, 15) is 5.11 Å². The number of aryl methyl sites for hydroxylation is 1. The number of nitrogens with one attached hydrogen (secondary N) is 1. The topological polar surface area (TPSA) is 41.5 Å². The average molecular weight is 277 g/mol. The van der Waals surface area contributed by atoms with Crippen molar-refractivity contribution in [1.29, 1.82) is 0 Å². The number of methoxy groups -OCH3 is 1. The molecule has 1 saturated carbocycles. The Hall–Kier alpha value is -1.06. The molecule has 0 aromatic heterocycles. The highest BCUT2D eigenvalue weighted by Gasteiger charge is 2.31. The molecule has 2 rings (SSSR count). The van der Waals surface area contributed by atoms with Gasteiger partial charge in [-0.1, -0.05) is 24.6 Å². The van der Waals surface area contributed by atoms with E-state index in [0.717, 1.165) is 49.5 Å². The van der Waals surface area contributed by atoms with Gasteiger partial charge in [-0.15, -0.1) is 0 Å². The lowest BCUT2D eigenvalue weighted by atomic mass is 9.79.